The van der Waals surface area contributed by atoms with Gasteiger partial charge in [0.1, 0.15) is 5.75 Å². The number of nitrogens with one attached hydrogen (secondary N) is 1. The molecular formula is C19H20BrN3O4S. The fourth-order valence-corrected chi connectivity index (χ4v) is 4.85. The zero-order chi connectivity index (χ0) is 20.1. The maximum absolute atomic E-state index is 12.8. The summed E-state index contributed by atoms with van der Waals surface area (Å²) in [6, 6.07) is 10.7. The smallest absolute Gasteiger partial charge is 0.271 e. The molecule has 0 unspecified atom stereocenters. The van der Waals surface area contributed by atoms with Crippen molar-refractivity contribution in [3.63, 3.8) is 0 Å². The van der Waals surface area contributed by atoms with Gasteiger partial charge < -0.3 is 5.11 Å². The van der Waals surface area contributed by atoms with E-state index in [-0.39, 0.29) is 16.2 Å². The predicted octanol–water partition coefficient (Wildman–Crippen LogP) is 3.09. The highest BCUT2D eigenvalue weighted by Crippen LogP contribution is 2.22. The lowest BCUT2D eigenvalue weighted by atomic mass is 10.2. The summed E-state index contributed by atoms with van der Waals surface area (Å²) in [6.07, 6.45) is 4.03. The summed E-state index contributed by atoms with van der Waals surface area (Å²) in [7, 11) is -3.62. The molecule has 1 aliphatic heterocycles. The van der Waals surface area contributed by atoms with Crippen molar-refractivity contribution in [2.24, 2.45) is 5.10 Å². The number of phenolic OH excluding ortho intramolecular Hbond substituents is 1. The molecule has 2 aromatic carbocycles. The first-order chi connectivity index (χ1) is 13.4. The number of aromatic hydroxyl groups is 1. The Kier molecular flexibility index (Phi) is 6.48. The number of amides is 1. The molecule has 0 aliphatic carbocycles. The van der Waals surface area contributed by atoms with Crippen LogP contribution in [0.4, 0.5) is 0 Å². The third-order valence-electron chi connectivity index (χ3n) is 4.41. The number of rotatable bonds is 5. The normalized spacial score (nSPS) is 15.6. The van der Waals surface area contributed by atoms with Gasteiger partial charge >= 0.3 is 0 Å². The van der Waals surface area contributed by atoms with Crippen molar-refractivity contribution in [3.05, 3.63) is 58.1 Å². The van der Waals surface area contributed by atoms with Gasteiger partial charge in [-0.15, -0.1) is 0 Å². The van der Waals surface area contributed by atoms with Crippen molar-refractivity contribution < 1.29 is 18.3 Å². The fourth-order valence-electron chi connectivity index (χ4n) is 2.91. The van der Waals surface area contributed by atoms with Gasteiger partial charge in [-0.3, -0.25) is 4.79 Å². The molecule has 1 saturated heterocycles. The number of hydrogen-bond donors (Lipinski definition) is 2. The standard InChI is InChI=1S/C19H20BrN3O4S/c20-16-7-8-18(24)15(11-16)13-21-22-19(25)14-5-4-6-17(12-14)28(26,27)23-9-2-1-3-10-23/h4-8,11-13,24H,1-3,9-10H2,(H,22,25)/b21-13+. The van der Waals surface area contributed by atoms with Gasteiger partial charge in [0.05, 0.1) is 11.1 Å². The Morgan fingerprint density at radius 2 is 1.89 bits per heavy atom. The summed E-state index contributed by atoms with van der Waals surface area (Å²) in [4.78, 5) is 12.4. The number of carbonyl (C=O) groups excluding carboxylic acids is 1. The molecule has 3 rings (SSSR count). The highest BCUT2D eigenvalue weighted by Gasteiger charge is 2.26. The molecule has 0 aromatic heterocycles. The first-order valence-electron chi connectivity index (χ1n) is 8.80. The Bertz CT molecular complexity index is 1000. The molecule has 0 saturated carbocycles. The molecule has 1 amide bonds. The van der Waals surface area contributed by atoms with Crippen molar-refractivity contribution in [2.75, 3.05) is 13.1 Å². The molecule has 0 bridgehead atoms. The molecule has 7 nitrogen and oxygen atoms in total. The molecule has 1 fully saturated rings. The molecule has 28 heavy (non-hydrogen) atoms. The number of carbonyl (C=O) groups is 1. The van der Waals surface area contributed by atoms with Crippen LogP contribution in [0.2, 0.25) is 0 Å². The molecule has 1 heterocycles. The molecule has 0 spiro atoms. The van der Waals surface area contributed by atoms with E-state index in [9.17, 15) is 18.3 Å². The summed E-state index contributed by atoms with van der Waals surface area (Å²) >= 11 is 3.29. The SMILES string of the molecule is O=C(N/N=C/c1cc(Br)ccc1O)c1cccc(S(=O)(=O)N2CCCCC2)c1. The molecular weight excluding hydrogens is 446 g/mol. The third-order valence-corrected chi connectivity index (χ3v) is 6.80. The van der Waals surface area contributed by atoms with E-state index in [1.165, 1.54) is 40.9 Å². The van der Waals surface area contributed by atoms with E-state index in [1.807, 2.05) is 0 Å². The maximum Gasteiger partial charge on any atom is 0.271 e. The van der Waals surface area contributed by atoms with E-state index >= 15 is 0 Å². The number of nitrogens with zero attached hydrogens (tertiary/aromatic N) is 2. The number of hydrogen-bond acceptors (Lipinski definition) is 5. The molecule has 0 atom stereocenters. The van der Waals surface area contributed by atoms with Crippen LogP contribution < -0.4 is 5.43 Å². The number of hydrazone groups is 1. The van der Waals surface area contributed by atoms with Crippen LogP contribution in [0.3, 0.4) is 0 Å². The van der Waals surface area contributed by atoms with E-state index in [0.29, 0.717) is 18.7 Å². The van der Waals surface area contributed by atoms with Crippen LogP contribution in [-0.4, -0.2) is 43.0 Å². The van der Waals surface area contributed by atoms with Crippen molar-refractivity contribution in [1.29, 1.82) is 0 Å². The highest BCUT2D eigenvalue weighted by atomic mass is 79.9. The number of benzene rings is 2. The van der Waals surface area contributed by atoms with Gasteiger partial charge in [-0.25, -0.2) is 13.8 Å². The Balaban J connectivity index is 1.73. The van der Waals surface area contributed by atoms with Gasteiger partial charge in [0.2, 0.25) is 10.0 Å². The van der Waals surface area contributed by atoms with E-state index < -0.39 is 15.9 Å². The topological polar surface area (TPSA) is 99.1 Å². The van der Waals surface area contributed by atoms with Gasteiger partial charge in [-0.1, -0.05) is 28.4 Å². The molecule has 1 aliphatic rings. The number of piperidine rings is 1. The lowest BCUT2D eigenvalue weighted by molar-refractivity contribution is 0.0955. The summed E-state index contributed by atoms with van der Waals surface area (Å²) in [5, 5.41) is 13.6. The zero-order valence-corrected chi connectivity index (χ0v) is 17.4. The summed E-state index contributed by atoms with van der Waals surface area (Å²) in [5.41, 5.74) is 2.96. The molecule has 9 heteroatoms. The van der Waals surface area contributed by atoms with E-state index in [0.717, 1.165) is 23.7 Å². The average molecular weight is 466 g/mol. The first-order valence-corrected chi connectivity index (χ1v) is 11.0. The zero-order valence-electron chi connectivity index (χ0n) is 15.0. The molecule has 2 N–H and O–H groups in total. The Labute approximate surface area is 172 Å². The fraction of sp³-hybridized carbons (Fsp3) is 0.263. The maximum atomic E-state index is 12.8. The van der Waals surface area contributed by atoms with E-state index in [2.05, 4.69) is 26.5 Å². The predicted molar refractivity (Wildman–Crippen MR) is 110 cm³/mol. The minimum absolute atomic E-state index is 0.0239. The molecule has 148 valence electrons. The van der Waals surface area contributed by atoms with Crippen molar-refractivity contribution in [2.45, 2.75) is 24.2 Å². The van der Waals surface area contributed by atoms with Gasteiger partial charge in [-0.2, -0.15) is 9.41 Å². The number of phenols is 1. The van der Waals surface area contributed by atoms with Crippen molar-refractivity contribution in [1.82, 2.24) is 9.73 Å². The summed E-state index contributed by atoms with van der Waals surface area (Å²) in [6.45, 7) is 0.998. The van der Waals surface area contributed by atoms with Crippen LogP contribution in [-0.2, 0) is 10.0 Å². The second-order valence-corrected chi connectivity index (χ2v) is 9.25. The third kappa shape index (κ3) is 4.78. The second kappa shape index (κ2) is 8.85. The minimum atomic E-state index is -3.62. The molecule has 2 aromatic rings. The van der Waals surface area contributed by atoms with Crippen LogP contribution >= 0.6 is 15.9 Å². The highest BCUT2D eigenvalue weighted by molar-refractivity contribution is 9.10. The van der Waals surface area contributed by atoms with Crippen molar-refractivity contribution >= 4 is 38.1 Å². The average Bonchev–Trinajstić information content (AvgIpc) is 2.71. The van der Waals surface area contributed by atoms with Gasteiger partial charge in [-0.05, 0) is 49.2 Å². The Morgan fingerprint density at radius 3 is 2.64 bits per heavy atom. The van der Waals surface area contributed by atoms with Gasteiger partial charge in [0, 0.05) is 28.7 Å². The summed E-state index contributed by atoms with van der Waals surface area (Å²) in [5.74, 6) is -0.516. The van der Waals surface area contributed by atoms with E-state index in [1.54, 1.807) is 12.1 Å². The number of sulfonamides is 1. The first kappa shape index (κ1) is 20.5. The molecule has 0 radical (unpaired) electrons. The summed E-state index contributed by atoms with van der Waals surface area (Å²) < 4.78 is 27.7. The van der Waals surface area contributed by atoms with Gasteiger partial charge in [0.15, 0.2) is 0 Å². The van der Waals surface area contributed by atoms with Crippen LogP contribution in [0.25, 0.3) is 0 Å². The Hall–Kier alpha value is -2.23. The second-order valence-electron chi connectivity index (χ2n) is 6.39. The quantitative estimate of drug-likeness (QED) is 0.523. The van der Waals surface area contributed by atoms with E-state index in [4.69, 9.17) is 0 Å². The minimum Gasteiger partial charge on any atom is -0.507 e. The van der Waals surface area contributed by atoms with Crippen LogP contribution in [0, 0.1) is 0 Å². The Morgan fingerprint density at radius 1 is 1.14 bits per heavy atom. The van der Waals surface area contributed by atoms with Crippen LogP contribution in [0.15, 0.2) is 56.9 Å². The van der Waals surface area contributed by atoms with Crippen LogP contribution in [0.1, 0.15) is 35.2 Å². The van der Waals surface area contributed by atoms with Crippen molar-refractivity contribution in [3.8, 4) is 5.75 Å². The largest absolute Gasteiger partial charge is 0.507 e. The van der Waals surface area contributed by atoms with Crippen LogP contribution in [0.5, 0.6) is 5.75 Å². The van der Waals surface area contributed by atoms with Gasteiger partial charge in [0.25, 0.3) is 5.91 Å². The number of halogens is 1. The lowest BCUT2D eigenvalue weighted by Crippen LogP contribution is -2.35. The lowest BCUT2D eigenvalue weighted by Gasteiger charge is -2.25. The monoisotopic (exact) mass is 465 g/mol.